The monoisotopic (exact) mass is 250 g/mol. The van der Waals surface area contributed by atoms with Gasteiger partial charge in [0, 0.05) is 6.10 Å². The van der Waals surface area contributed by atoms with Crippen LogP contribution in [0.25, 0.3) is 0 Å². The van der Waals surface area contributed by atoms with Crippen LogP contribution in [0, 0.1) is 6.92 Å². The minimum absolute atomic E-state index is 0. The van der Waals surface area contributed by atoms with Crippen LogP contribution < -0.4 is 29.6 Å². The van der Waals surface area contributed by atoms with E-state index >= 15 is 0 Å². The fourth-order valence-electron chi connectivity index (χ4n) is 2.01. The molecule has 0 spiro atoms. The van der Waals surface area contributed by atoms with Crippen molar-refractivity contribution in [3.05, 3.63) is 6.92 Å². The molecule has 0 saturated carbocycles. The second-order valence-corrected chi connectivity index (χ2v) is 4.91. The molecule has 1 atom stereocenters. The number of rotatable bonds is 12. The first kappa shape index (κ1) is 20.3. The van der Waals surface area contributed by atoms with E-state index in [4.69, 9.17) is 0 Å². The molecule has 0 bridgehead atoms. The number of hydrogen-bond donors (Lipinski definition) is 1. The summed E-state index contributed by atoms with van der Waals surface area (Å²) in [4.78, 5) is 0. The second-order valence-electron chi connectivity index (χ2n) is 4.91. The Labute approximate surface area is 131 Å². The Kier molecular flexibility index (Phi) is 20.2. The van der Waals surface area contributed by atoms with E-state index in [1.54, 1.807) is 0 Å². The van der Waals surface area contributed by atoms with Crippen LogP contribution >= 0.6 is 0 Å². The molecule has 0 aromatic rings. The van der Waals surface area contributed by atoms with Gasteiger partial charge in [0.05, 0.1) is 0 Å². The molecule has 17 heavy (non-hydrogen) atoms. The van der Waals surface area contributed by atoms with E-state index in [0.717, 1.165) is 6.42 Å². The van der Waals surface area contributed by atoms with E-state index in [1.165, 1.54) is 64.2 Å². The summed E-state index contributed by atoms with van der Waals surface area (Å²) in [6, 6.07) is 0. The summed E-state index contributed by atoms with van der Waals surface area (Å²) in [5.74, 6) is 0. The SMILES string of the molecule is [CH2-]CC(O)CCCCCCCCCCCC.[Na+]. The summed E-state index contributed by atoms with van der Waals surface area (Å²) in [7, 11) is 0. The number of hydrogen-bond acceptors (Lipinski definition) is 1. The molecule has 0 aromatic carbocycles. The quantitative estimate of drug-likeness (QED) is 0.318. The Bertz CT molecular complexity index is 128. The van der Waals surface area contributed by atoms with Gasteiger partial charge in [-0.05, 0) is 6.42 Å². The zero-order valence-electron chi connectivity index (χ0n) is 12.2. The molecule has 0 fully saturated rings. The average Bonchev–Trinajstić information content (AvgIpc) is 2.31. The van der Waals surface area contributed by atoms with Gasteiger partial charge in [0.2, 0.25) is 0 Å². The number of unbranched alkanes of at least 4 members (excludes halogenated alkanes) is 9. The van der Waals surface area contributed by atoms with Gasteiger partial charge in [0.25, 0.3) is 0 Å². The van der Waals surface area contributed by atoms with Crippen LogP contribution in [0.5, 0.6) is 0 Å². The van der Waals surface area contributed by atoms with Gasteiger partial charge in [-0.1, -0.05) is 71.1 Å². The Morgan fingerprint density at radius 3 is 1.65 bits per heavy atom. The van der Waals surface area contributed by atoms with Gasteiger partial charge in [-0.3, -0.25) is 0 Å². The number of aliphatic hydroxyl groups excluding tert-OH is 1. The molecule has 0 aliphatic carbocycles. The van der Waals surface area contributed by atoms with Crippen LogP contribution in [0.4, 0.5) is 0 Å². The third kappa shape index (κ3) is 17.0. The van der Waals surface area contributed by atoms with Gasteiger partial charge < -0.3 is 12.0 Å². The van der Waals surface area contributed by atoms with Crippen molar-refractivity contribution in [3.63, 3.8) is 0 Å². The molecular formula is C15H31NaO. The topological polar surface area (TPSA) is 20.2 Å². The Morgan fingerprint density at radius 1 is 0.824 bits per heavy atom. The maximum atomic E-state index is 9.32. The molecule has 2 heteroatoms. The normalized spacial score (nSPS) is 12.2. The van der Waals surface area contributed by atoms with Crippen molar-refractivity contribution in [1.29, 1.82) is 0 Å². The summed E-state index contributed by atoms with van der Waals surface area (Å²) in [5, 5.41) is 9.32. The van der Waals surface area contributed by atoms with Gasteiger partial charge >= 0.3 is 29.6 Å². The zero-order chi connectivity index (χ0) is 12.1. The molecule has 98 valence electrons. The maximum Gasteiger partial charge on any atom is 1.00 e. The summed E-state index contributed by atoms with van der Waals surface area (Å²) in [6.07, 6.45) is 15.1. The van der Waals surface area contributed by atoms with Crippen molar-refractivity contribution in [3.8, 4) is 0 Å². The molecule has 0 amide bonds. The minimum Gasteiger partial charge on any atom is -0.396 e. The van der Waals surface area contributed by atoms with E-state index in [-0.39, 0.29) is 35.7 Å². The van der Waals surface area contributed by atoms with Crippen molar-refractivity contribution in [2.24, 2.45) is 0 Å². The van der Waals surface area contributed by atoms with Crippen molar-refractivity contribution in [2.75, 3.05) is 0 Å². The molecule has 1 nitrogen and oxygen atoms in total. The smallest absolute Gasteiger partial charge is 0.396 e. The Balaban J connectivity index is 0. The predicted molar refractivity (Wildman–Crippen MR) is 72.4 cm³/mol. The van der Waals surface area contributed by atoms with Crippen molar-refractivity contribution in [2.45, 2.75) is 90.1 Å². The molecule has 1 N–H and O–H groups in total. The van der Waals surface area contributed by atoms with Crippen LogP contribution in [0.2, 0.25) is 0 Å². The standard InChI is InChI=1S/C15H31O.Na/c1-3-5-6-7-8-9-10-11-12-13-14-15(16)4-2;/h15-16H,2-14H2,1H3;/q-1;+1. The van der Waals surface area contributed by atoms with Gasteiger partial charge in [-0.2, -0.15) is 6.42 Å². The van der Waals surface area contributed by atoms with Crippen LogP contribution in [-0.4, -0.2) is 11.2 Å². The fourth-order valence-corrected chi connectivity index (χ4v) is 2.01. The van der Waals surface area contributed by atoms with Crippen molar-refractivity contribution in [1.82, 2.24) is 0 Å². The van der Waals surface area contributed by atoms with Crippen molar-refractivity contribution < 1.29 is 34.7 Å². The summed E-state index contributed by atoms with van der Waals surface area (Å²) in [5.41, 5.74) is 0. The molecule has 0 aliphatic rings. The molecular weight excluding hydrogens is 219 g/mol. The minimum atomic E-state index is -0.158. The van der Waals surface area contributed by atoms with Crippen LogP contribution in [0.1, 0.15) is 84.0 Å². The predicted octanol–water partition coefficient (Wildman–Crippen LogP) is 1.89. The van der Waals surface area contributed by atoms with Crippen molar-refractivity contribution >= 4 is 0 Å². The summed E-state index contributed by atoms with van der Waals surface area (Å²) < 4.78 is 0. The Hall–Kier alpha value is 0.960. The molecule has 0 aromatic heterocycles. The molecule has 0 aliphatic heterocycles. The third-order valence-corrected chi connectivity index (χ3v) is 3.22. The fraction of sp³-hybridized carbons (Fsp3) is 0.933. The second kappa shape index (κ2) is 17.0. The van der Waals surface area contributed by atoms with Gasteiger partial charge in [-0.15, -0.1) is 0 Å². The van der Waals surface area contributed by atoms with E-state index in [0.29, 0.717) is 6.42 Å². The Morgan fingerprint density at radius 2 is 1.24 bits per heavy atom. The largest absolute Gasteiger partial charge is 1.00 e. The molecule has 0 saturated heterocycles. The first-order valence-corrected chi connectivity index (χ1v) is 7.28. The van der Waals surface area contributed by atoms with Gasteiger partial charge in [0.15, 0.2) is 0 Å². The molecule has 0 heterocycles. The maximum absolute atomic E-state index is 9.32. The van der Waals surface area contributed by atoms with Crippen LogP contribution in [0.3, 0.4) is 0 Å². The molecule has 1 unspecified atom stereocenters. The first-order chi connectivity index (χ1) is 7.81. The van der Waals surface area contributed by atoms with Crippen LogP contribution in [0.15, 0.2) is 0 Å². The molecule has 0 rings (SSSR count). The first-order valence-electron chi connectivity index (χ1n) is 7.28. The summed E-state index contributed by atoms with van der Waals surface area (Å²) >= 11 is 0. The van der Waals surface area contributed by atoms with E-state index in [9.17, 15) is 5.11 Å². The van der Waals surface area contributed by atoms with E-state index in [2.05, 4.69) is 13.8 Å². The van der Waals surface area contributed by atoms with Gasteiger partial charge in [0.1, 0.15) is 0 Å². The van der Waals surface area contributed by atoms with Gasteiger partial charge in [-0.25, -0.2) is 0 Å². The van der Waals surface area contributed by atoms with E-state index < -0.39 is 0 Å². The molecule has 0 radical (unpaired) electrons. The zero-order valence-corrected chi connectivity index (χ0v) is 14.2. The number of aliphatic hydroxyl groups is 1. The van der Waals surface area contributed by atoms with E-state index in [1.807, 2.05) is 0 Å². The summed E-state index contributed by atoms with van der Waals surface area (Å²) in [6.45, 7) is 5.96. The third-order valence-electron chi connectivity index (χ3n) is 3.22. The van der Waals surface area contributed by atoms with Crippen LogP contribution in [-0.2, 0) is 0 Å². The average molecular weight is 250 g/mol.